The SMILES string of the molecule is COC[C@H](C)NC(=O)NC1(c2ccccc2)CCC1. The predicted molar refractivity (Wildman–Crippen MR) is 75.0 cm³/mol. The molecule has 1 atom stereocenters. The Morgan fingerprint density at radius 2 is 2.05 bits per heavy atom. The Kier molecular flexibility index (Phi) is 4.43. The van der Waals surface area contributed by atoms with Crippen LogP contribution in [0.4, 0.5) is 4.79 Å². The first-order chi connectivity index (χ1) is 9.16. The third kappa shape index (κ3) is 3.26. The monoisotopic (exact) mass is 262 g/mol. The average molecular weight is 262 g/mol. The highest BCUT2D eigenvalue weighted by Gasteiger charge is 2.39. The normalized spacial score (nSPS) is 18.2. The Bertz CT molecular complexity index is 415. The Hall–Kier alpha value is -1.55. The highest BCUT2D eigenvalue weighted by molar-refractivity contribution is 5.75. The number of carbonyl (C=O) groups is 1. The van der Waals surface area contributed by atoms with E-state index in [-0.39, 0.29) is 17.6 Å². The van der Waals surface area contributed by atoms with E-state index in [0.29, 0.717) is 6.61 Å². The second-order valence-corrected chi connectivity index (χ2v) is 5.26. The van der Waals surface area contributed by atoms with Crippen molar-refractivity contribution in [3.63, 3.8) is 0 Å². The zero-order valence-electron chi connectivity index (χ0n) is 11.6. The van der Waals surface area contributed by atoms with Gasteiger partial charge in [-0.3, -0.25) is 0 Å². The summed E-state index contributed by atoms with van der Waals surface area (Å²) >= 11 is 0. The molecular formula is C15H22N2O2. The molecule has 2 rings (SSSR count). The van der Waals surface area contributed by atoms with Crippen molar-refractivity contribution in [2.45, 2.75) is 37.8 Å². The first-order valence-electron chi connectivity index (χ1n) is 6.79. The number of ether oxygens (including phenoxy) is 1. The van der Waals surface area contributed by atoms with Crippen LogP contribution < -0.4 is 10.6 Å². The molecule has 4 heteroatoms. The number of amides is 2. The van der Waals surface area contributed by atoms with Gasteiger partial charge >= 0.3 is 6.03 Å². The van der Waals surface area contributed by atoms with Crippen LogP contribution in [0, 0.1) is 0 Å². The highest BCUT2D eigenvalue weighted by Crippen LogP contribution is 2.40. The number of hydrogen-bond acceptors (Lipinski definition) is 2. The molecule has 0 radical (unpaired) electrons. The van der Waals surface area contributed by atoms with Gasteiger partial charge in [-0.25, -0.2) is 4.79 Å². The topological polar surface area (TPSA) is 50.4 Å². The largest absolute Gasteiger partial charge is 0.383 e. The maximum Gasteiger partial charge on any atom is 0.315 e. The number of benzene rings is 1. The van der Waals surface area contributed by atoms with Crippen molar-refractivity contribution in [1.82, 2.24) is 10.6 Å². The van der Waals surface area contributed by atoms with E-state index in [9.17, 15) is 4.79 Å². The average Bonchev–Trinajstić information content (AvgIpc) is 2.35. The smallest absolute Gasteiger partial charge is 0.315 e. The van der Waals surface area contributed by atoms with Gasteiger partial charge in [-0.15, -0.1) is 0 Å². The summed E-state index contributed by atoms with van der Waals surface area (Å²) in [5.41, 5.74) is 1.01. The lowest BCUT2D eigenvalue weighted by molar-refractivity contribution is 0.156. The number of carbonyl (C=O) groups excluding carboxylic acids is 1. The van der Waals surface area contributed by atoms with Crippen molar-refractivity contribution in [3.05, 3.63) is 35.9 Å². The molecule has 1 aliphatic carbocycles. The van der Waals surface area contributed by atoms with E-state index >= 15 is 0 Å². The molecule has 1 fully saturated rings. The Morgan fingerprint density at radius 3 is 2.58 bits per heavy atom. The van der Waals surface area contributed by atoms with Gasteiger partial charge in [0.05, 0.1) is 18.2 Å². The van der Waals surface area contributed by atoms with Crippen molar-refractivity contribution < 1.29 is 9.53 Å². The Balaban J connectivity index is 1.98. The van der Waals surface area contributed by atoms with E-state index < -0.39 is 0 Å². The standard InChI is InChI=1S/C15H22N2O2/c1-12(11-19-2)16-14(18)17-15(9-6-10-15)13-7-4-3-5-8-13/h3-5,7-8,12H,6,9-11H2,1-2H3,(H2,16,17,18)/t12-/m0/s1. The summed E-state index contributed by atoms with van der Waals surface area (Å²) in [4.78, 5) is 12.0. The van der Waals surface area contributed by atoms with Crippen LogP contribution in [0.2, 0.25) is 0 Å². The molecule has 0 heterocycles. The second kappa shape index (κ2) is 6.06. The lowest BCUT2D eigenvalue weighted by Gasteiger charge is -2.43. The van der Waals surface area contributed by atoms with E-state index in [1.165, 1.54) is 5.56 Å². The van der Waals surface area contributed by atoms with Crippen LogP contribution in [0.25, 0.3) is 0 Å². The van der Waals surface area contributed by atoms with Gasteiger partial charge in [-0.2, -0.15) is 0 Å². The van der Waals surface area contributed by atoms with Crippen LogP contribution >= 0.6 is 0 Å². The molecule has 1 aromatic rings. The van der Waals surface area contributed by atoms with Crippen LogP contribution in [-0.2, 0) is 10.3 Å². The van der Waals surface area contributed by atoms with Crippen molar-refractivity contribution in [1.29, 1.82) is 0 Å². The third-order valence-corrected chi connectivity index (χ3v) is 3.68. The minimum absolute atomic E-state index is 0.0119. The first kappa shape index (κ1) is 13.9. The zero-order valence-corrected chi connectivity index (χ0v) is 11.6. The quantitative estimate of drug-likeness (QED) is 0.856. The van der Waals surface area contributed by atoms with Crippen molar-refractivity contribution in [2.75, 3.05) is 13.7 Å². The van der Waals surface area contributed by atoms with Crippen LogP contribution in [0.1, 0.15) is 31.7 Å². The molecule has 0 aliphatic heterocycles. The van der Waals surface area contributed by atoms with Gasteiger partial charge in [0.25, 0.3) is 0 Å². The van der Waals surface area contributed by atoms with Gasteiger partial charge in [-0.05, 0) is 31.7 Å². The fourth-order valence-corrected chi connectivity index (χ4v) is 2.54. The number of methoxy groups -OCH3 is 1. The van der Waals surface area contributed by atoms with Gasteiger partial charge in [0, 0.05) is 7.11 Å². The number of nitrogens with one attached hydrogen (secondary N) is 2. The molecule has 1 saturated carbocycles. The predicted octanol–water partition coefficient (Wildman–Crippen LogP) is 2.40. The van der Waals surface area contributed by atoms with Crippen LogP contribution in [-0.4, -0.2) is 25.8 Å². The van der Waals surface area contributed by atoms with E-state index in [4.69, 9.17) is 4.74 Å². The number of hydrogen-bond donors (Lipinski definition) is 2. The third-order valence-electron chi connectivity index (χ3n) is 3.68. The van der Waals surface area contributed by atoms with Crippen molar-refractivity contribution >= 4 is 6.03 Å². The summed E-state index contributed by atoms with van der Waals surface area (Å²) in [6.07, 6.45) is 3.16. The molecule has 0 aromatic heterocycles. The van der Waals surface area contributed by atoms with Crippen LogP contribution in [0.3, 0.4) is 0 Å². The summed E-state index contributed by atoms with van der Waals surface area (Å²) in [7, 11) is 1.63. The summed E-state index contributed by atoms with van der Waals surface area (Å²) in [6, 6.07) is 10.1. The van der Waals surface area contributed by atoms with Gasteiger partial charge in [0.15, 0.2) is 0 Å². The van der Waals surface area contributed by atoms with E-state index in [1.54, 1.807) is 7.11 Å². The lowest BCUT2D eigenvalue weighted by atomic mass is 9.72. The second-order valence-electron chi connectivity index (χ2n) is 5.26. The highest BCUT2D eigenvalue weighted by atomic mass is 16.5. The molecule has 19 heavy (non-hydrogen) atoms. The van der Waals surface area contributed by atoms with E-state index in [1.807, 2.05) is 25.1 Å². The van der Waals surface area contributed by atoms with Gasteiger partial charge < -0.3 is 15.4 Å². The molecular weight excluding hydrogens is 240 g/mol. The summed E-state index contributed by atoms with van der Waals surface area (Å²) < 4.78 is 5.02. The molecule has 0 saturated heterocycles. The molecule has 1 aliphatic rings. The summed E-state index contributed by atoms with van der Waals surface area (Å²) in [5.74, 6) is 0. The van der Waals surface area contributed by atoms with Crippen LogP contribution in [0.15, 0.2) is 30.3 Å². The fraction of sp³-hybridized carbons (Fsp3) is 0.533. The van der Waals surface area contributed by atoms with Gasteiger partial charge in [0.1, 0.15) is 0 Å². The zero-order chi connectivity index (χ0) is 13.7. The molecule has 2 amide bonds. The summed E-state index contributed by atoms with van der Waals surface area (Å²) in [5, 5.41) is 6.03. The molecule has 0 unspecified atom stereocenters. The van der Waals surface area contributed by atoms with Crippen LogP contribution in [0.5, 0.6) is 0 Å². The minimum Gasteiger partial charge on any atom is -0.383 e. The maximum atomic E-state index is 12.0. The van der Waals surface area contributed by atoms with Gasteiger partial charge in [0.2, 0.25) is 0 Å². The molecule has 4 nitrogen and oxygen atoms in total. The van der Waals surface area contributed by atoms with Gasteiger partial charge in [-0.1, -0.05) is 30.3 Å². The molecule has 0 bridgehead atoms. The van der Waals surface area contributed by atoms with Crippen molar-refractivity contribution in [3.8, 4) is 0 Å². The van der Waals surface area contributed by atoms with E-state index in [0.717, 1.165) is 19.3 Å². The molecule has 1 aromatic carbocycles. The number of urea groups is 1. The minimum atomic E-state index is -0.182. The lowest BCUT2D eigenvalue weighted by Crippen LogP contribution is -2.55. The fourth-order valence-electron chi connectivity index (χ4n) is 2.54. The number of rotatable bonds is 5. The molecule has 104 valence electrons. The molecule has 2 N–H and O–H groups in total. The molecule has 0 spiro atoms. The Morgan fingerprint density at radius 1 is 1.37 bits per heavy atom. The summed E-state index contributed by atoms with van der Waals surface area (Å²) in [6.45, 7) is 2.45. The maximum absolute atomic E-state index is 12.0. The van der Waals surface area contributed by atoms with Crippen molar-refractivity contribution in [2.24, 2.45) is 0 Å². The first-order valence-corrected chi connectivity index (χ1v) is 6.79. The van der Waals surface area contributed by atoms with E-state index in [2.05, 4.69) is 22.8 Å². The Labute approximate surface area is 114 Å².